The number of carboxylic acids is 1. The second kappa shape index (κ2) is 7.88. The Morgan fingerprint density at radius 1 is 1.43 bits per heavy atom. The molecule has 21 heavy (non-hydrogen) atoms. The SMILES string of the molecule is CN(C)C(=O)CCNC(=O)N[C@H](Cc1cnc[nH]1)C(=O)O. The fraction of sp³-hybridized carbons (Fsp3) is 0.500. The summed E-state index contributed by atoms with van der Waals surface area (Å²) in [6, 6.07) is -1.71. The average molecular weight is 297 g/mol. The summed E-state index contributed by atoms with van der Waals surface area (Å²) in [4.78, 5) is 42.0. The molecule has 0 aliphatic heterocycles. The smallest absolute Gasteiger partial charge is 0.326 e. The first kappa shape index (κ1) is 16.5. The number of aromatic nitrogens is 2. The maximum atomic E-state index is 11.6. The van der Waals surface area contributed by atoms with Crippen LogP contribution in [0.4, 0.5) is 4.79 Å². The third kappa shape index (κ3) is 5.93. The Hall–Kier alpha value is -2.58. The van der Waals surface area contributed by atoms with Crippen LogP contribution in [0.3, 0.4) is 0 Å². The quantitative estimate of drug-likeness (QED) is 0.523. The maximum Gasteiger partial charge on any atom is 0.326 e. The van der Waals surface area contributed by atoms with Gasteiger partial charge in [0.05, 0.1) is 6.33 Å². The number of nitrogens with zero attached hydrogens (tertiary/aromatic N) is 2. The number of carbonyl (C=O) groups excluding carboxylic acids is 2. The van der Waals surface area contributed by atoms with Crippen LogP contribution in [-0.2, 0) is 16.0 Å². The van der Waals surface area contributed by atoms with Crippen LogP contribution in [0.25, 0.3) is 0 Å². The number of aromatic amines is 1. The lowest BCUT2D eigenvalue weighted by Gasteiger charge is -2.15. The molecule has 0 aromatic carbocycles. The number of nitrogens with one attached hydrogen (secondary N) is 3. The van der Waals surface area contributed by atoms with E-state index in [0.717, 1.165) is 0 Å². The van der Waals surface area contributed by atoms with Gasteiger partial charge in [-0.1, -0.05) is 0 Å². The lowest BCUT2D eigenvalue weighted by molar-refractivity contribution is -0.139. The van der Waals surface area contributed by atoms with Gasteiger partial charge in [0.1, 0.15) is 6.04 Å². The van der Waals surface area contributed by atoms with Gasteiger partial charge >= 0.3 is 12.0 Å². The molecule has 116 valence electrons. The predicted octanol–water partition coefficient (Wildman–Crippen LogP) is -0.817. The van der Waals surface area contributed by atoms with Crippen molar-refractivity contribution in [2.24, 2.45) is 0 Å². The Balaban J connectivity index is 2.39. The van der Waals surface area contributed by atoms with Gasteiger partial charge in [0.15, 0.2) is 0 Å². The molecule has 1 aromatic heterocycles. The van der Waals surface area contributed by atoms with E-state index in [1.807, 2.05) is 0 Å². The van der Waals surface area contributed by atoms with Crippen LogP contribution >= 0.6 is 0 Å². The van der Waals surface area contributed by atoms with Crippen LogP contribution in [0.5, 0.6) is 0 Å². The zero-order valence-electron chi connectivity index (χ0n) is 11.9. The highest BCUT2D eigenvalue weighted by molar-refractivity contribution is 5.83. The number of hydrogen-bond acceptors (Lipinski definition) is 4. The van der Waals surface area contributed by atoms with E-state index >= 15 is 0 Å². The van der Waals surface area contributed by atoms with Crippen molar-refractivity contribution < 1.29 is 19.5 Å². The van der Waals surface area contributed by atoms with Crippen LogP contribution in [0.2, 0.25) is 0 Å². The van der Waals surface area contributed by atoms with Crippen molar-refractivity contribution in [3.05, 3.63) is 18.2 Å². The van der Waals surface area contributed by atoms with Gasteiger partial charge in [-0.15, -0.1) is 0 Å². The molecule has 3 amide bonds. The molecule has 0 saturated carbocycles. The molecule has 4 N–H and O–H groups in total. The molecule has 1 atom stereocenters. The number of aliphatic carboxylic acids is 1. The van der Waals surface area contributed by atoms with Crippen molar-refractivity contribution in [2.45, 2.75) is 18.9 Å². The van der Waals surface area contributed by atoms with Crippen molar-refractivity contribution in [3.8, 4) is 0 Å². The fourth-order valence-electron chi connectivity index (χ4n) is 1.53. The highest BCUT2D eigenvalue weighted by Gasteiger charge is 2.20. The number of carboxylic acid groups (broad SMARTS) is 1. The highest BCUT2D eigenvalue weighted by atomic mass is 16.4. The highest BCUT2D eigenvalue weighted by Crippen LogP contribution is 1.98. The second-order valence-electron chi connectivity index (χ2n) is 4.61. The third-order valence-corrected chi connectivity index (χ3v) is 2.71. The van der Waals surface area contributed by atoms with Crippen LogP contribution in [0, 0.1) is 0 Å². The number of carbonyl (C=O) groups is 3. The van der Waals surface area contributed by atoms with Gasteiger partial charge in [-0.25, -0.2) is 14.6 Å². The Labute approximate surface area is 121 Å². The number of H-pyrrole nitrogens is 1. The van der Waals surface area contributed by atoms with E-state index in [0.29, 0.717) is 5.69 Å². The van der Waals surface area contributed by atoms with Crippen molar-refractivity contribution in [1.82, 2.24) is 25.5 Å². The number of urea groups is 1. The van der Waals surface area contributed by atoms with Gasteiger partial charge in [-0.2, -0.15) is 0 Å². The molecule has 9 nitrogen and oxygen atoms in total. The monoisotopic (exact) mass is 297 g/mol. The first-order valence-electron chi connectivity index (χ1n) is 6.34. The normalized spacial score (nSPS) is 11.5. The van der Waals surface area contributed by atoms with E-state index in [2.05, 4.69) is 20.6 Å². The molecule has 0 bridgehead atoms. The lowest BCUT2D eigenvalue weighted by Crippen LogP contribution is -2.47. The Morgan fingerprint density at radius 3 is 2.67 bits per heavy atom. The second-order valence-corrected chi connectivity index (χ2v) is 4.61. The van der Waals surface area contributed by atoms with Crippen LogP contribution in [-0.4, -0.2) is 64.6 Å². The first-order valence-corrected chi connectivity index (χ1v) is 6.34. The molecule has 0 spiro atoms. The predicted molar refractivity (Wildman–Crippen MR) is 73.6 cm³/mol. The Kier molecular flexibility index (Phi) is 6.18. The molecule has 0 saturated heterocycles. The Bertz CT molecular complexity index is 486. The molecule has 1 heterocycles. The van der Waals surface area contributed by atoms with Gasteiger partial charge in [-0.3, -0.25) is 4.79 Å². The van der Waals surface area contributed by atoms with Gasteiger partial charge < -0.3 is 25.6 Å². The molecular formula is C12H19N5O4. The Morgan fingerprint density at radius 2 is 2.14 bits per heavy atom. The third-order valence-electron chi connectivity index (χ3n) is 2.71. The van der Waals surface area contributed by atoms with Crippen molar-refractivity contribution in [2.75, 3.05) is 20.6 Å². The van der Waals surface area contributed by atoms with Crippen molar-refractivity contribution >= 4 is 17.9 Å². The summed E-state index contributed by atoms with van der Waals surface area (Å²) in [6.45, 7) is 0.138. The maximum absolute atomic E-state index is 11.6. The lowest BCUT2D eigenvalue weighted by atomic mass is 10.2. The molecule has 0 aliphatic carbocycles. The van der Waals surface area contributed by atoms with E-state index in [-0.39, 0.29) is 25.3 Å². The number of imidazole rings is 1. The van der Waals surface area contributed by atoms with Crippen molar-refractivity contribution in [3.63, 3.8) is 0 Å². The van der Waals surface area contributed by atoms with Crippen LogP contribution in [0.15, 0.2) is 12.5 Å². The molecule has 0 aliphatic rings. The molecule has 0 unspecified atom stereocenters. The topological polar surface area (TPSA) is 127 Å². The molecule has 1 aromatic rings. The molecule has 0 fully saturated rings. The average Bonchev–Trinajstić information content (AvgIpc) is 2.90. The van der Waals surface area contributed by atoms with Crippen LogP contribution in [0.1, 0.15) is 12.1 Å². The molecule has 0 radical (unpaired) electrons. The van der Waals surface area contributed by atoms with Gasteiger partial charge in [0.25, 0.3) is 0 Å². The first-order chi connectivity index (χ1) is 9.90. The summed E-state index contributed by atoms with van der Waals surface area (Å²) in [6.07, 6.45) is 3.17. The number of amides is 3. The fourth-order valence-corrected chi connectivity index (χ4v) is 1.53. The minimum atomic E-state index is -1.15. The largest absolute Gasteiger partial charge is 0.480 e. The van der Waals surface area contributed by atoms with E-state index in [9.17, 15) is 14.4 Å². The van der Waals surface area contributed by atoms with Crippen molar-refractivity contribution in [1.29, 1.82) is 0 Å². The molecular weight excluding hydrogens is 278 g/mol. The summed E-state index contributed by atoms with van der Waals surface area (Å²) in [5, 5.41) is 13.9. The summed E-state index contributed by atoms with van der Waals surface area (Å²) < 4.78 is 0. The van der Waals surface area contributed by atoms with Gasteiger partial charge in [0, 0.05) is 45.4 Å². The van der Waals surface area contributed by atoms with Gasteiger partial charge in [0.2, 0.25) is 5.91 Å². The van der Waals surface area contributed by atoms with E-state index in [4.69, 9.17) is 5.11 Å². The molecule has 9 heteroatoms. The van der Waals surface area contributed by atoms with E-state index in [1.165, 1.54) is 17.4 Å². The minimum absolute atomic E-state index is 0.0966. The summed E-state index contributed by atoms with van der Waals surface area (Å²) in [7, 11) is 3.24. The number of rotatable bonds is 7. The minimum Gasteiger partial charge on any atom is -0.480 e. The molecule has 1 rings (SSSR count). The van der Waals surface area contributed by atoms with Gasteiger partial charge in [-0.05, 0) is 0 Å². The van der Waals surface area contributed by atoms with E-state index < -0.39 is 18.0 Å². The zero-order chi connectivity index (χ0) is 15.8. The summed E-state index contributed by atoms with van der Waals surface area (Å²) in [5.41, 5.74) is 0.602. The summed E-state index contributed by atoms with van der Waals surface area (Å²) >= 11 is 0. The van der Waals surface area contributed by atoms with Crippen LogP contribution < -0.4 is 10.6 Å². The van der Waals surface area contributed by atoms with E-state index in [1.54, 1.807) is 14.1 Å². The standard InChI is InChI=1S/C12H19N5O4/c1-17(2)10(18)3-4-14-12(21)16-9(11(19)20)5-8-6-13-7-15-8/h6-7,9H,3-5H2,1-2H3,(H,13,15)(H,19,20)(H2,14,16,21)/t9-/m1/s1. The number of hydrogen-bond donors (Lipinski definition) is 4. The summed E-state index contributed by atoms with van der Waals surface area (Å²) in [5.74, 6) is -1.27. The zero-order valence-corrected chi connectivity index (χ0v) is 11.9.